The third-order valence-corrected chi connectivity index (χ3v) is 3.81. The molecule has 0 amide bonds. The summed E-state index contributed by atoms with van der Waals surface area (Å²) in [6.45, 7) is 1.94. The van der Waals surface area contributed by atoms with Crippen LogP contribution in [0.15, 0.2) is 72.8 Å². The monoisotopic (exact) mass is 332 g/mol. The predicted molar refractivity (Wildman–Crippen MR) is 97.4 cm³/mol. The average molecular weight is 332 g/mol. The van der Waals surface area contributed by atoms with Crippen molar-refractivity contribution in [2.45, 2.75) is 6.92 Å². The molecule has 0 fully saturated rings. The van der Waals surface area contributed by atoms with Gasteiger partial charge in [0.2, 0.25) is 0 Å². The van der Waals surface area contributed by atoms with E-state index in [2.05, 4.69) is 5.32 Å². The second kappa shape index (κ2) is 6.97. The number of nitrogens with zero attached hydrogens (tertiary/aromatic N) is 1. The molecule has 0 aliphatic rings. The van der Waals surface area contributed by atoms with Crippen molar-refractivity contribution < 1.29 is 9.72 Å². The molecule has 3 rings (SSSR count). The van der Waals surface area contributed by atoms with Gasteiger partial charge in [-0.2, -0.15) is 0 Å². The smallest absolute Gasteiger partial charge is 0.292 e. The van der Waals surface area contributed by atoms with Crippen molar-refractivity contribution in [1.82, 2.24) is 0 Å². The van der Waals surface area contributed by atoms with E-state index in [0.29, 0.717) is 22.5 Å². The van der Waals surface area contributed by atoms with Crippen LogP contribution in [-0.2, 0) is 0 Å². The van der Waals surface area contributed by atoms with E-state index in [4.69, 9.17) is 0 Å². The van der Waals surface area contributed by atoms with Gasteiger partial charge in [0.15, 0.2) is 5.78 Å². The van der Waals surface area contributed by atoms with E-state index in [1.807, 2.05) is 25.1 Å². The Balaban J connectivity index is 1.81. The first-order valence-electron chi connectivity index (χ1n) is 7.76. The van der Waals surface area contributed by atoms with E-state index in [1.165, 1.54) is 6.07 Å². The van der Waals surface area contributed by atoms with E-state index < -0.39 is 4.92 Å². The molecule has 0 spiro atoms. The lowest BCUT2D eigenvalue weighted by atomic mass is 10.0. The van der Waals surface area contributed by atoms with Crippen LogP contribution < -0.4 is 5.32 Å². The van der Waals surface area contributed by atoms with Gasteiger partial charge in [-0.05, 0) is 43.3 Å². The predicted octanol–water partition coefficient (Wildman–Crippen LogP) is 4.88. The molecule has 0 saturated heterocycles. The summed E-state index contributed by atoms with van der Waals surface area (Å²) in [6, 6.07) is 20.8. The molecule has 0 saturated carbocycles. The SMILES string of the molecule is Cc1cccc(C(=O)c2ccc(Nc3ccccc3[N+](=O)[O-])cc2)c1. The summed E-state index contributed by atoms with van der Waals surface area (Å²) in [4.78, 5) is 23.1. The zero-order chi connectivity index (χ0) is 17.8. The molecule has 0 unspecified atom stereocenters. The zero-order valence-corrected chi connectivity index (χ0v) is 13.6. The molecular formula is C20H16N2O3. The van der Waals surface area contributed by atoms with E-state index in [9.17, 15) is 14.9 Å². The molecule has 3 aromatic carbocycles. The second-order valence-corrected chi connectivity index (χ2v) is 5.68. The summed E-state index contributed by atoms with van der Waals surface area (Å²) in [5.74, 6) is -0.0547. The number of hydrogen-bond acceptors (Lipinski definition) is 4. The van der Waals surface area contributed by atoms with Crippen LogP contribution in [0, 0.1) is 17.0 Å². The molecule has 0 heterocycles. The lowest BCUT2D eigenvalue weighted by Gasteiger charge is -2.08. The number of para-hydroxylation sites is 2. The number of aryl methyl sites for hydroxylation is 1. The number of hydrogen-bond donors (Lipinski definition) is 1. The van der Waals surface area contributed by atoms with Crippen LogP contribution in [0.4, 0.5) is 17.1 Å². The van der Waals surface area contributed by atoms with Gasteiger partial charge in [0.1, 0.15) is 5.69 Å². The summed E-state index contributed by atoms with van der Waals surface area (Å²) in [6.07, 6.45) is 0. The highest BCUT2D eigenvalue weighted by Gasteiger charge is 2.13. The van der Waals surface area contributed by atoms with Crippen molar-refractivity contribution in [3.63, 3.8) is 0 Å². The van der Waals surface area contributed by atoms with Crippen LogP contribution in [0.2, 0.25) is 0 Å². The zero-order valence-electron chi connectivity index (χ0n) is 13.6. The number of rotatable bonds is 5. The van der Waals surface area contributed by atoms with Gasteiger partial charge in [0, 0.05) is 22.9 Å². The number of anilines is 2. The maximum Gasteiger partial charge on any atom is 0.292 e. The minimum absolute atomic E-state index is 0.00223. The van der Waals surface area contributed by atoms with E-state index >= 15 is 0 Å². The molecule has 0 radical (unpaired) electrons. The van der Waals surface area contributed by atoms with Crippen LogP contribution in [0.1, 0.15) is 21.5 Å². The van der Waals surface area contributed by atoms with Crippen molar-refractivity contribution in [2.75, 3.05) is 5.32 Å². The number of carbonyl (C=O) groups is 1. The molecule has 5 nitrogen and oxygen atoms in total. The third-order valence-electron chi connectivity index (χ3n) is 3.81. The maximum absolute atomic E-state index is 12.5. The van der Waals surface area contributed by atoms with Crippen LogP contribution in [0.5, 0.6) is 0 Å². The lowest BCUT2D eigenvalue weighted by molar-refractivity contribution is -0.383. The highest BCUT2D eigenvalue weighted by molar-refractivity contribution is 6.09. The minimum Gasteiger partial charge on any atom is -0.350 e. The summed E-state index contributed by atoms with van der Waals surface area (Å²) < 4.78 is 0. The van der Waals surface area contributed by atoms with E-state index in [-0.39, 0.29) is 11.5 Å². The van der Waals surface area contributed by atoms with Gasteiger partial charge < -0.3 is 5.32 Å². The van der Waals surface area contributed by atoms with Gasteiger partial charge in [0.05, 0.1) is 4.92 Å². The van der Waals surface area contributed by atoms with Gasteiger partial charge >= 0.3 is 0 Å². The van der Waals surface area contributed by atoms with Gasteiger partial charge in [-0.1, -0.05) is 35.9 Å². The molecule has 3 aromatic rings. The van der Waals surface area contributed by atoms with Gasteiger partial charge in [-0.3, -0.25) is 14.9 Å². The quantitative estimate of drug-likeness (QED) is 0.411. The fourth-order valence-electron chi connectivity index (χ4n) is 2.55. The summed E-state index contributed by atoms with van der Waals surface area (Å²) in [5.41, 5.74) is 3.32. The van der Waals surface area contributed by atoms with Gasteiger partial charge in [0.25, 0.3) is 5.69 Å². The average Bonchev–Trinajstić information content (AvgIpc) is 2.62. The molecule has 1 N–H and O–H groups in total. The van der Waals surface area contributed by atoms with Crippen LogP contribution in [0.25, 0.3) is 0 Å². The number of ketones is 1. The van der Waals surface area contributed by atoms with Crippen molar-refractivity contribution in [3.8, 4) is 0 Å². The Hall–Kier alpha value is -3.47. The summed E-state index contributed by atoms with van der Waals surface area (Å²) in [5, 5.41) is 14.1. The Morgan fingerprint density at radius 3 is 2.32 bits per heavy atom. The Morgan fingerprint density at radius 1 is 0.920 bits per heavy atom. The van der Waals surface area contributed by atoms with Crippen LogP contribution in [0.3, 0.4) is 0 Å². The molecule has 25 heavy (non-hydrogen) atoms. The number of nitro groups is 1. The van der Waals surface area contributed by atoms with Crippen LogP contribution >= 0.6 is 0 Å². The lowest BCUT2D eigenvalue weighted by Crippen LogP contribution is -2.02. The minimum atomic E-state index is -0.433. The first kappa shape index (κ1) is 16.4. The highest BCUT2D eigenvalue weighted by Crippen LogP contribution is 2.27. The molecule has 0 aliphatic heterocycles. The molecule has 124 valence electrons. The van der Waals surface area contributed by atoms with Crippen molar-refractivity contribution in [1.29, 1.82) is 0 Å². The van der Waals surface area contributed by atoms with Gasteiger partial charge in [-0.25, -0.2) is 0 Å². The van der Waals surface area contributed by atoms with Crippen LogP contribution in [-0.4, -0.2) is 10.7 Å². The van der Waals surface area contributed by atoms with Crippen molar-refractivity contribution in [3.05, 3.63) is 99.6 Å². The topological polar surface area (TPSA) is 72.2 Å². The van der Waals surface area contributed by atoms with E-state index in [0.717, 1.165) is 5.56 Å². The Kier molecular flexibility index (Phi) is 4.57. The largest absolute Gasteiger partial charge is 0.350 e. The molecule has 0 atom stereocenters. The molecular weight excluding hydrogens is 316 g/mol. The number of nitrogens with one attached hydrogen (secondary N) is 1. The van der Waals surface area contributed by atoms with Crippen molar-refractivity contribution >= 4 is 22.8 Å². The number of benzene rings is 3. The first-order chi connectivity index (χ1) is 12.0. The fourth-order valence-corrected chi connectivity index (χ4v) is 2.55. The summed E-state index contributed by atoms with van der Waals surface area (Å²) in [7, 11) is 0. The molecule has 0 aliphatic carbocycles. The Morgan fingerprint density at radius 2 is 1.64 bits per heavy atom. The molecule has 0 bridgehead atoms. The normalized spacial score (nSPS) is 10.3. The first-order valence-corrected chi connectivity index (χ1v) is 7.76. The van der Waals surface area contributed by atoms with Crippen molar-refractivity contribution in [2.24, 2.45) is 0 Å². The third kappa shape index (κ3) is 3.72. The molecule has 0 aromatic heterocycles. The second-order valence-electron chi connectivity index (χ2n) is 5.68. The van der Waals surface area contributed by atoms with E-state index in [1.54, 1.807) is 48.5 Å². The fraction of sp³-hybridized carbons (Fsp3) is 0.0500. The Bertz CT molecular complexity index is 934. The molecule has 5 heteroatoms. The Labute approximate surface area is 145 Å². The number of carbonyl (C=O) groups excluding carboxylic acids is 1. The van der Waals surface area contributed by atoms with Gasteiger partial charge in [-0.15, -0.1) is 0 Å². The standard InChI is InChI=1S/C20H16N2O3/c1-14-5-4-6-16(13-14)20(23)15-9-11-17(12-10-15)21-18-7-2-3-8-19(18)22(24)25/h2-13,21H,1H3. The highest BCUT2D eigenvalue weighted by atomic mass is 16.6. The summed E-state index contributed by atoms with van der Waals surface area (Å²) >= 11 is 0. The number of nitro benzene ring substituents is 1. The maximum atomic E-state index is 12.5.